The van der Waals surface area contributed by atoms with Crippen LogP contribution >= 0.6 is 0 Å². The van der Waals surface area contributed by atoms with Crippen molar-refractivity contribution in [3.8, 4) is 23.3 Å². The summed E-state index contributed by atoms with van der Waals surface area (Å²) in [6.07, 6.45) is 6.51. The number of allylic oxidation sites excluding steroid dienone is 1. The SMILES string of the molecule is CCCCCC(C(=O)CCc1ccc(O)c(OC2CC#CC(O)c3ccc(C(N)N)cc3CC3=CN=C4CN2C=C34)c1)C(O)CC(O)CCC. The monoisotopic (exact) mass is 684 g/mol. The van der Waals surface area contributed by atoms with Crippen LogP contribution in [0.2, 0.25) is 0 Å². The van der Waals surface area contributed by atoms with Crippen LogP contribution in [-0.2, 0) is 17.6 Å². The van der Waals surface area contributed by atoms with Crippen LogP contribution in [0.3, 0.4) is 0 Å². The zero-order valence-electron chi connectivity index (χ0n) is 29.2. The van der Waals surface area contributed by atoms with E-state index in [1.54, 1.807) is 18.2 Å². The average Bonchev–Trinajstić information content (AvgIpc) is 3.67. The number of hydrogen-bond donors (Lipinski definition) is 6. The number of nitrogens with zero attached hydrogens (tertiary/aromatic N) is 2. The molecule has 50 heavy (non-hydrogen) atoms. The van der Waals surface area contributed by atoms with Gasteiger partial charge in [0.05, 0.1) is 37.1 Å². The zero-order valence-corrected chi connectivity index (χ0v) is 29.2. The number of aliphatic hydroxyl groups excluding tert-OH is 3. The van der Waals surface area contributed by atoms with E-state index in [4.69, 9.17) is 16.2 Å². The summed E-state index contributed by atoms with van der Waals surface area (Å²) in [5, 5.41) is 43.2. The van der Waals surface area contributed by atoms with Crippen LogP contribution in [0.4, 0.5) is 0 Å². The topological polar surface area (TPSA) is 175 Å². The van der Waals surface area contributed by atoms with Crippen LogP contribution in [0.5, 0.6) is 11.5 Å². The van der Waals surface area contributed by atoms with Crippen molar-refractivity contribution in [1.29, 1.82) is 0 Å². The van der Waals surface area contributed by atoms with Crippen molar-refractivity contribution in [3.63, 3.8) is 0 Å². The number of benzene rings is 2. The van der Waals surface area contributed by atoms with Gasteiger partial charge in [0.2, 0.25) is 0 Å². The molecule has 0 aromatic heterocycles. The van der Waals surface area contributed by atoms with Gasteiger partial charge in [0, 0.05) is 36.7 Å². The van der Waals surface area contributed by atoms with Crippen LogP contribution in [0.15, 0.2) is 64.9 Å². The van der Waals surface area contributed by atoms with E-state index in [1.165, 1.54) is 0 Å². The second-order valence-corrected chi connectivity index (χ2v) is 13.7. The molecule has 2 aromatic rings. The molecule has 2 bridgehead atoms. The molecule has 0 amide bonds. The minimum Gasteiger partial charge on any atom is -0.504 e. The normalized spacial score (nSPS) is 20.0. The van der Waals surface area contributed by atoms with Crippen molar-refractivity contribution in [2.24, 2.45) is 22.4 Å². The summed E-state index contributed by atoms with van der Waals surface area (Å²) in [6, 6.07) is 10.6. The minimum absolute atomic E-state index is 0.0236. The Balaban J connectivity index is 1.32. The first-order chi connectivity index (χ1) is 24.1. The summed E-state index contributed by atoms with van der Waals surface area (Å²) in [5.41, 5.74) is 17.9. The molecule has 10 heteroatoms. The van der Waals surface area contributed by atoms with Gasteiger partial charge in [-0.2, -0.15) is 0 Å². The number of hydrogen-bond acceptors (Lipinski definition) is 10. The first-order valence-corrected chi connectivity index (χ1v) is 18.0. The Morgan fingerprint density at radius 2 is 1.92 bits per heavy atom. The summed E-state index contributed by atoms with van der Waals surface area (Å²) in [4.78, 5) is 20.1. The van der Waals surface area contributed by atoms with E-state index < -0.39 is 36.6 Å². The number of phenols is 1. The number of carbonyl (C=O) groups excluding carboxylic acids is 1. The van der Waals surface area contributed by atoms with Crippen LogP contribution < -0.4 is 16.2 Å². The number of ether oxygens (including phenoxy) is 1. The molecule has 3 heterocycles. The van der Waals surface area contributed by atoms with Crippen molar-refractivity contribution < 1.29 is 30.0 Å². The molecule has 5 rings (SSSR count). The molecule has 0 saturated heterocycles. The molecule has 10 nitrogen and oxygen atoms in total. The minimum atomic E-state index is -1.04. The number of aromatic hydroxyl groups is 1. The van der Waals surface area contributed by atoms with Crippen LogP contribution in [-0.4, -0.2) is 61.8 Å². The second-order valence-electron chi connectivity index (χ2n) is 13.7. The van der Waals surface area contributed by atoms with Gasteiger partial charge >= 0.3 is 0 Å². The Hall–Kier alpha value is -3.98. The summed E-state index contributed by atoms with van der Waals surface area (Å²) in [7, 11) is 0. The van der Waals surface area contributed by atoms with Crippen molar-refractivity contribution in [3.05, 3.63) is 82.2 Å². The van der Waals surface area contributed by atoms with Crippen molar-refractivity contribution >= 4 is 11.5 Å². The number of carbonyl (C=O) groups is 1. The molecule has 8 N–H and O–H groups in total. The highest BCUT2D eigenvalue weighted by Crippen LogP contribution is 2.35. The second kappa shape index (κ2) is 17.3. The molecule has 0 aliphatic carbocycles. The highest BCUT2D eigenvalue weighted by molar-refractivity contribution is 6.09. The van der Waals surface area contributed by atoms with Gasteiger partial charge in [0.1, 0.15) is 11.9 Å². The number of phenolic OH excluding ortho intramolecular Hbond substituents is 1. The summed E-state index contributed by atoms with van der Waals surface area (Å²) < 4.78 is 6.43. The maximum Gasteiger partial charge on any atom is 0.183 e. The molecule has 5 unspecified atom stereocenters. The van der Waals surface area contributed by atoms with Gasteiger partial charge in [-0.05, 0) is 65.6 Å². The maximum absolute atomic E-state index is 13.4. The maximum atomic E-state index is 13.4. The molecule has 0 spiro atoms. The summed E-state index contributed by atoms with van der Waals surface area (Å²) in [6.45, 7) is 4.58. The molecule has 5 atom stereocenters. The van der Waals surface area contributed by atoms with Crippen LogP contribution in [0, 0.1) is 17.8 Å². The third kappa shape index (κ3) is 9.22. The smallest absolute Gasteiger partial charge is 0.183 e. The Morgan fingerprint density at radius 3 is 2.68 bits per heavy atom. The lowest BCUT2D eigenvalue weighted by atomic mass is 9.85. The van der Waals surface area contributed by atoms with E-state index in [1.807, 2.05) is 42.4 Å². The molecule has 0 saturated carbocycles. The van der Waals surface area contributed by atoms with Gasteiger partial charge in [-0.15, -0.1) is 0 Å². The predicted molar refractivity (Wildman–Crippen MR) is 194 cm³/mol. The highest BCUT2D eigenvalue weighted by Gasteiger charge is 2.32. The third-order valence-electron chi connectivity index (χ3n) is 9.85. The Labute approximate surface area is 295 Å². The van der Waals surface area contributed by atoms with E-state index in [9.17, 15) is 25.2 Å². The van der Waals surface area contributed by atoms with Gasteiger partial charge in [-0.3, -0.25) is 9.79 Å². The number of unbranched alkanes of at least 4 members (excludes halogenated alkanes) is 2. The molecule has 268 valence electrons. The summed E-state index contributed by atoms with van der Waals surface area (Å²) >= 11 is 0. The lowest BCUT2D eigenvalue weighted by Crippen LogP contribution is -2.35. The standard InChI is InChI=1S/C40H52N4O6/c1-3-5-6-9-31(37(49)21-29(45)8-4-2)35(47)16-12-25-13-17-36(48)38(18-25)50-39-11-7-10-34(46)30-15-14-26(40(41)42)19-27(30)20-28-22-43-33-24-44(39)23-32(28)33/h13-15,17-19,22-23,29,31,34,37,39-40,45-46,48-49H,3-6,8-9,11-12,16,20-21,24,41-42H2,1-2H3. The fourth-order valence-corrected chi connectivity index (χ4v) is 6.96. The first kappa shape index (κ1) is 37.3. The molecular formula is C40H52N4O6. The van der Waals surface area contributed by atoms with Gasteiger partial charge in [0.25, 0.3) is 0 Å². The highest BCUT2D eigenvalue weighted by atomic mass is 16.5. The zero-order chi connectivity index (χ0) is 35.8. The molecule has 0 fully saturated rings. The Morgan fingerprint density at radius 1 is 1.10 bits per heavy atom. The number of aryl methyl sites for hydroxylation is 1. The number of Topliss-reactive ketones (excluding diaryl/α,β-unsaturated/α-hetero) is 1. The number of aliphatic imine (C=N–C) groups is 1. The molecule has 3 aliphatic rings. The lowest BCUT2D eigenvalue weighted by Gasteiger charge is -2.27. The lowest BCUT2D eigenvalue weighted by molar-refractivity contribution is -0.127. The van der Waals surface area contributed by atoms with Gasteiger partial charge < -0.3 is 41.5 Å². The molecule has 0 radical (unpaired) electrons. The predicted octanol–water partition coefficient (Wildman–Crippen LogP) is 4.84. The average molecular weight is 685 g/mol. The van der Waals surface area contributed by atoms with Crippen molar-refractivity contribution in [1.82, 2.24) is 4.90 Å². The van der Waals surface area contributed by atoms with Crippen molar-refractivity contribution in [2.75, 3.05) is 6.54 Å². The fourth-order valence-electron chi connectivity index (χ4n) is 6.96. The van der Waals surface area contributed by atoms with E-state index >= 15 is 0 Å². The summed E-state index contributed by atoms with van der Waals surface area (Å²) in [5.74, 6) is 5.75. The number of nitrogens with two attached hydrogens (primary N) is 2. The molecule has 3 aliphatic heterocycles. The quantitative estimate of drug-likeness (QED) is 0.0821. The third-order valence-corrected chi connectivity index (χ3v) is 9.85. The van der Waals surface area contributed by atoms with Gasteiger partial charge in [-0.1, -0.05) is 75.6 Å². The fraction of sp³-hybridized carbons (Fsp3) is 0.500. The largest absolute Gasteiger partial charge is 0.504 e. The number of ketones is 1. The van der Waals surface area contributed by atoms with Crippen LogP contribution in [0.1, 0.15) is 106 Å². The van der Waals surface area contributed by atoms with Crippen molar-refractivity contribution in [2.45, 2.75) is 115 Å². The molecule has 2 aromatic carbocycles. The number of fused-ring (bicyclic) bond motifs is 2. The van der Waals surface area contributed by atoms with Gasteiger partial charge in [0.15, 0.2) is 17.7 Å². The first-order valence-electron chi connectivity index (χ1n) is 18.0. The Bertz CT molecular complexity index is 1670. The number of rotatable bonds is 16. The van der Waals surface area contributed by atoms with Gasteiger partial charge in [-0.25, -0.2) is 0 Å². The molecular weight excluding hydrogens is 632 g/mol. The van der Waals surface area contributed by atoms with Crippen LogP contribution in [0.25, 0.3) is 0 Å². The van der Waals surface area contributed by atoms with E-state index in [0.29, 0.717) is 37.8 Å². The number of aliphatic hydroxyl groups is 3. The van der Waals surface area contributed by atoms with E-state index in [-0.39, 0.29) is 36.5 Å². The Kier molecular flexibility index (Phi) is 12.9. The van der Waals surface area contributed by atoms with E-state index in [2.05, 4.69) is 23.8 Å². The van der Waals surface area contributed by atoms with E-state index in [0.717, 1.165) is 59.2 Å².